The summed E-state index contributed by atoms with van der Waals surface area (Å²) < 4.78 is 25.8. The van der Waals surface area contributed by atoms with E-state index in [2.05, 4.69) is 25.5 Å². The van der Waals surface area contributed by atoms with Crippen LogP contribution in [-0.2, 0) is 17.9 Å². The first-order valence-electron chi connectivity index (χ1n) is 6.13. The first kappa shape index (κ1) is 20.7. The summed E-state index contributed by atoms with van der Waals surface area (Å²) in [4.78, 5) is 7.22. The molecule has 2 aromatic rings. The van der Waals surface area contributed by atoms with Gasteiger partial charge >= 0.3 is 27.5 Å². The van der Waals surface area contributed by atoms with Gasteiger partial charge in [-0.05, 0) is 11.8 Å². The van der Waals surface area contributed by atoms with Crippen LogP contribution in [0.3, 0.4) is 0 Å². The van der Waals surface area contributed by atoms with E-state index in [1.165, 1.54) is 17.9 Å². The fraction of sp³-hybridized carbons (Fsp3) is 0.250. The van der Waals surface area contributed by atoms with Crippen LogP contribution in [0.15, 0.2) is 36.5 Å². The van der Waals surface area contributed by atoms with Crippen molar-refractivity contribution in [2.45, 2.75) is 26.3 Å². The van der Waals surface area contributed by atoms with Crippen LogP contribution < -0.4 is 0 Å². The van der Waals surface area contributed by atoms with Gasteiger partial charge in [-0.15, -0.1) is 12.1 Å². The monoisotopic (exact) mass is 501 g/mol. The van der Waals surface area contributed by atoms with Gasteiger partial charge < -0.3 is 9.83 Å². The van der Waals surface area contributed by atoms with Gasteiger partial charge in [-0.25, -0.2) is 6.57 Å². The number of hydrogen-bond acceptors (Lipinski definition) is 1. The molecule has 1 aromatic carbocycles. The quantitative estimate of drug-likeness (QED) is 0.491. The molecule has 0 saturated carbocycles. The van der Waals surface area contributed by atoms with Gasteiger partial charge in [0.2, 0.25) is 5.54 Å². The molecule has 6 heteroatoms. The van der Waals surface area contributed by atoms with E-state index in [9.17, 15) is 8.78 Å². The zero-order chi connectivity index (χ0) is 17.2. The molecular formula is C16H15ClF2IrN2+. The third kappa shape index (κ3) is 8.19. The molecule has 0 atom stereocenters. The van der Waals surface area contributed by atoms with Crippen molar-refractivity contribution >= 4 is 9.58 Å². The predicted octanol–water partition coefficient (Wildman–Crippen LogP) is 5.22. The van der Waals surface area contributed by atoms with Crippen LogP contribution in [0.5, 0.6) is 0 Å². The Labute approximate surface area is 144 Å². The zero-order valence-electron chi connectivity index (χ0n) is 12.3. The zero-order valence-corrected chi connectivity index (χ0v) is 15.5. The van der Waals surface area contributed by atoms with Gasteiger partial charge in [-0.3, -0.25) is 8.78 Å². The molecular weight excluding hydrogens is 486 g/mol. The summed E-state index contributed by atoms with van der Waals surface area (Å²) in [5.41, 5.74) is 0.469. The Morgan fingerprint density at radius 3 is 2.27 bits per heavy atom. The molecule has 0 N–H and O–H groups in total. The maximum atomic E-state index is 13.2. The molecule has 0 aliphatic heterocycles. The molecule has 0 fully saturated rings. The fourth-order valence-corrected chi connectivity index (χ4v) is 1.15. The van der Waals surface area contributed by atoms with Crippen LogP contribution >= 0.6 is 9.58 Å². The van der Waals surface area contributed by atoms with Crippen molar-refractivity contribution in [1.82, 2.24) is 4.98 Å². The number of rotatable bonds is 1. The average Bonchev–Trinajstić information content (AvgIpc) is 2.50. The number of nitrogens with zero attached hydrogens (tertiary/aromatic N) is 2. The SMILES string of the molecule is Fc1c[c-]c(-c2ccccn2)c(F)c1.[C-]#[N+]C(C)(C)C.[Cl][Ir+2]. The van der Waals surface area contributed by atoms with Crippen molar-refractivity contribution in [2.75, 3.05) is 0 Å². The molecule has 0 aliphatic rings. The molecule has 2 rings (SSSR count). The van der Waals surface area contributed by atoms with Crippen molar-refractivity contribution in [1.29, 1.82) is 0 Å². The van der Waals surface area contributed by atoms with Gasteiger partial charge in [0.15, 0.2) is 0 Å². The molecule has 22 heavy (non-hydrogen) atoms. The number of halogens is 3. The van der Waals surface area contributed by atoms with Gasteiger partial charge in [-0.1, -0.05) is 23.8 Å². The van der Waals surface area contributed by atoms with Gasteiger partial charge in [-0.2, -0.15) is 0 Å². The van der Waals surface area contributed by atoms with Gasteiger partial charge in [0.05, 0.1) is 0 Å². The Bertz CT molecular complexity index is 608. The van der Waals surface area contributed by atoms with Crippen LogP contribution in [-0.4, -0.2) is 10.5 Å². The van der Waals surface area contributed by atoms with Crippen molar-refractivity contribution in [3.05, 3.63) is 65.6 Å². The van der Waals surface area contributed by atoms with E-state index in [4.69, 9.17) is 6.57 Å². The minimum atomic E-state index is -0.649. The number of aromatic nitrogens is 1. The topological polar surface area (TPSA) is 17.2 Å². The van der Waals surface area contributed by atoms with E-state index in [1.54, 1.807) is 24.4 Å². The first-order chi connectivity index (χ1) is 10.3. The second-order valence-electron chi connectivity index (χ2n) is 5.04. The minimum absolute atomic E-state index is 0.167. The second kappa shape index (κ2) is 10.4. The number of pyridine rings is 1. The maximum absolute atomic E-state index is 13.2. The molecule has 0 spiro atoms. The molecule has 1 aromatic heterocycles. The van der Waals surface area contributed by atoms with E-state index in [1.807, 2.05) is 20.8 Å². The Kier molecular flexibility index (Phi) is 9.76. The van der Waals surface area contributed by atoms with E-state index in [0.717, 1.165) is 12.1 Å². The predicted molar refractivity (Wildman–Crippen MR) is 80.6 cm³/mol. The van der Waals surface area contributed by atoms with Crippen LogP contribution in [0, 0.1) is 24.3 Å². The number of benzene rings is 1. The summed E-state index contributed by atoms with van der Waals surface area (Å²) in [5.74, 6) is -1.29. The molecule has 0 bridgehead atoms. The normalized spacial score (nSPS) is 9.55. The summed E-state index contributed by atoms with van der Waals surface area (Å²) >= 11 is 1.47. The van der Waals surface area contributed by atoms with E-state index < -0.39 is 11.6 Å². The first-order valence-corrected chi connectivity index (χ1v) is 9.09. The molecule has 0 saturated heterocycles. The number of hydrogen-bond donors (Lipinski definition) is 0. The summed E-state index contributed by atoms with van der Waals surface area (Å²) in [5, 5.41) is 0. The van der Waals surface area contributed by atoms with Crippen LogP contribution in [0.2, 0.25) is 0 Å². The average molecular weight is 501 g/mol. The van der Waals surface area contributed by atoms with Gasteiger partial charge in [0, 0.05) is 38.6 Å². The second-order valence-corrected chi connectivity index (χ2v) is 5.04. The van der Waals surface area contributed by atoms with Crippen LogP contribution in [0.1, 0.15) is 20.8 Å². The Hall–Kier alpha value is -1.34. The van der Waals surface area contributed by atoms with Crippen molar-refractivity contribution < 1.29 is 26.7 Å². The third-order valence-electron chi connectivity index (χ3n) is 2.11. The molecule has 0 radical (unpaired) electrons. The van der Waals surface area contributed by atoms with Crippen LogP contribution in [0.4, 0.5) is 8.78 Å². The summed E-state index contributed by atoms with van der Waals surface area (Å²) in [6.07, 6.45) is 1.55. The molecule has 118 valence electrons. The molecule has 2 nitrogen and oxygen atoms in total. The standard InChI is InChI=1S/C11H6F2N.C5H9N.ClH.Ir/c12-8-4-5-9(10(13)7-8)11-3-1-2-6-14-11;1-5(2,3)6-4;;/h1-4,6-7H;1-3H3;1H;/q-1;;;+3/p-1. The van der Waals surface area contributed by atoms with Crippen molar-refractivity contribution in [3.63, 3.8) is 0 Å². The summed E-state index contributed by atoms with van der Waals surface area (Å²) in [6.45, 7) is 12.1. The van der Waals surface area contributed by atoms with Gasteiger partial charge in [0.25, 0.3) is 0 Å². The molecule has 0 unspecified atom stereocenters. The Morgan fingerprint density at radius 1 is 1.27 bits per heavy atom. The van der Waals surface area contributed by atoms with Crippen molar-refractivity contribution in [2.24, 2.45) is 0 Å². The summed E-state index contributed by atoms with van der Waals surface area (Å²) in [7, 11) is 4.64. The van der Waals surface area contributed by atoms with E-state index >= 15 is 0 Å². The fourth-order valence-electron chi connectivity index (χ4n) is 1.15. The third-order valence-corrected chi connectivity index (χ3v) is 2.11. The Balaban J connectivity index is 0.000000470. The molecule has 0 amide bonds. The molecule has 1 heterocycles. The van der Waals surface area contributed by atoms with E-state index in [-0.39, 0.29) is 11.1 Å². The summed E-state index contributed by atoms with van der Waals surface area (Å²) in [6, 6.07) is 9.53. The Morgan fingerprint density at radius 2 is 1.86 bits per heavy atom. The van der Waals surface area contributed by atoms with Crippen LogP contribution in [0.25, 0.3) is 16.1 Å². The van der Waals surface area contributed by atoms with Gasteiger partial charge in [0.1, 0.15) is 0 Å². The van der Waals surface area contributed by atoms with Crippen molar-refractivity contribution in [3.8, 4) is 11.3 Å². The van der Waals surface area contributed by atoms with E-state index in [0.29, 0.717) is 5.69 Å². The molecule has 0 aliphatic carbocycles.